The molecule has 0 aliphatic carbocycles. The van der Waals surface area contributed by atoms with E-state index in [0.717, 1.165) is 35.6 Å². The van der Waals surface area contributed by atoms with Crippen LogP contribution in [0.2, 0.25) is 0 Å². The second kappa shape index (κ2) is 14.4. The second-order valence-corrected chi connectivity index (χ2v) is 13.4. The van der Waals surface area contributed by atoms with Crippen LogP contribution in [0.5, 0.6) is 0 Å². The first-order valence-corrected chi connectivity index (χ1v) is 15.7. The third-order valence-electron chi connectivity index (χ3n) is 6.41. The summed E-state index contributed by atoms with van der Waals surface area (Å²) in [6.07, 6.45) is 1.56. The van der Waals surface area contributed by atoms with Gasteiger partial charge in [-0.25, -0.2) is 4.58 Å². The Morgan fingerprint density at radius 2 is 1.26 bits per heavy atom. The van der Waals surface area contributed by atoms with Crippen LogP contribution in [-0.2, 0) is 36.6 Å². The SMILES string of the molecule is CC(Cc1cccc(CC(C)=[N+](C)c2ccccc2C(C)(C)C)n1)=Nc1ccccc1C(C)(C)C.[Cl][Co][Cl]. The summed E-state index contributed by atoms with van der Waals surface area (Å²) in [7, 11) is 11.6. The van der Waals surface area contributed by atoms with Crippen molar-refractivity contribution in [2.45, 2.75) is 79.1 Å². The van der Waals surface area contributed by atoms with Crippen LogP contribution in [0.3, 0.4) is 0 Å². The maximum atomic E-state index is 4.98. The number of para-hydroxylation sites is 2. The van der Waals surface area contributed by atoms with Gasteiger partial charge in [0.25, 0.3) is 0 Å². The summed E-state index contributed by atoms with van der Waals surface area (Å²) in [6, 6.07) is 23.5. The number of benzene rings is 2. The van der Waals surface area contributed by atoms with Crippen molar-refractivity contribution in [1.29, 1.82) is 0 Å². The number of halogens is 2. The molecule has 0 fully saturated rings. The Bertz CT molecular complexity index is 1270. The van der Waals surface area contributed by atoms with E-state index in [-0.39, 0.29) is 10.8 Å². The van der Waals surface area contributed by atoms with Gasteiger partial charge in [-0.05, 0) is 41.5 Å². The van der Waals surface area contributed by atoms with Crippen LogP contribution < -0.4 is 0 Å². The Morgan fingerprint density at radius 1 is 0.763 bits per heavy atom. The van der Waals surface area contributed by atoms with Crippen LogP contribution in [0, 0.1) is 0 Å². The molecule has 1 heterocycles. The van der Waals surface area contributed by atoms with Crippen molar-refractivity contribution in [3.63, 3.8) is 0 Å². The molecule has 3 nitrogen and oxygen atoms in total. The van der Waals surface area contributed by atoms with E-state index in [9.17, 15) is 0 Å². The van der Waals surface area contributed by atoms with Crippen LogP contribution in [0.1, 0.15) is 77.9 Å². The predicted molar refractivity (Wildman–Crippen MR) is 163 cm³/mol. The molecule has 0 saturated carbocycles. The number of hydrogen-bond acceptors (Lipinski definition) is 2. The molecule has 0 spiro atoms. The van der Waals surface area contributed by atoms with Gasteiger partial charge in [0.1, 0.15) is 7.05 Å². The zero-order chi connectivity index (χ0) is 28.5. The first-order chi connectivity index (χ1) is 17.8. The third-order valence-corrected chi connectivity index (χ3v) is 6.41. The van der Waals surface area contributed by atoms with Gasteiger partial charge in [-0.15, -0.1) is 0 Å². The van der Waals surface area contributed by atoms with Crippen molar-refractivity contribution in [2.24, 2.45) is 4.99 Å². The van der Waals surface area contributed by atoms with Crippen molar-refractivity contribution in [1.82, 2.24) is 4.98 Å². The van der Waals surface area contributed by atoms with Gasteiger partial charge in [-0.2, -0.15) is 0 Å². The first kappa shape index (κ1) is 32.2. The molecule has 0 aliphatic rings. The summed E-state index contributed by atoms with van der Waals surface area (Å²) >= 11 is 0.382. The number of nitrogens with zero attached hydrogens (tertiary/aromatic N) is 3. The van der Waals surface area contributed by atoms with Gasteiger partial charge in [0.05, 0.1) is 17.8 Å². The summed E-state index contributed by atoms with van der Waals surface area (Å²) in [4.78, 5) is 9.96. The van der Waals surface area contributed by atoms with E-state index in [2.05, 4.69) is 134 Å². The number of pyridine rings is 1. The van der Waals surface area contributed by atoms with Crippen molar-refractivity contribution >= 4 is 43.1 Å². The molecule has 2 aromatic carbocycles. The Kier molecular flexibility index (Phi) is 12.2. The van der Waals surface area contributed by atoms with Crippen molar-refractivity contribution in [3.05, 3.63) is 89.2 Å². The average molecular weight is 599 g/mol. The fourth-order valence-corrected chi connectivity index (χ4v) is 4.43. The molecule has 0 atom stereocenters. The molecule has 6 heteroatoms. The van der Waals surface area contributed by atoms with E-state index >= 15 is 0 Å². The molecule has 38 heavy (non-hydrogen) atoms. The van der Waals surface area contributed by atoms with Crippen molar-refractivity contribution < 1.29 is 17.5 Å². The van der Waals surface area contributed by atoms with Gasteiger partial charge < -0.3 is 0 Å². The molecule has 0 saturated heterocycles. The van der Waals surface area contributed by atoms with Crippen LogP contribution in [-0.4, -0.2) is 28.0 Å². The van der Waals surface area contributed by atoms with Crippen LogP contribution >= 0.6 is 20.3 Å². The monoisotopic (exact) mass is 597 g/mol. The Labute approximate surface area is 244 Å². The van der Waals surface area contributed by atoms with E-state index in [4.69, 9.17) is 30.3 Å². The molecule has 3 rings (SSSR count). The summed E-state index contributed by atoms with van der Waals surface area (Å²) in [5, 5.41) is 0. The van der Waals surface area contributed by atoms with Crippen LogP contribution in [0.4, 0.5) is 11.4 Å². The van der Waals surface area contributed by atoms with E-state index in [1.807, 2.05) is 0 Å². The van der Waals surface area contributed by atoms with Gasteiger partial charge >= 0.3 is 33.2 Å². The molecule has 3 aromatic rings. The van der Waals surface area contributed by atoms with Gasteiger partial charge in [0.2, 0.25) is 5.69 Å². The molecular weight excluding hydrogens is 556 g/mol. The first-order valence-electron chi connectivity index (χ1n) is 12.9. The van der Waals surface area contributed by atoms with Crippen molar-refractivity contribution in [2.75, 3.05) is 7.05 Å². The number of hydrogen-bond donors (Lipinski definition) is 0. The number of aromatic nitrogens is 1. The van der Waals surface area contributed by atoms with Gasteiger partial charge in [0.15, 0.2) is 5.71 Å². The molecule has 0 N–H and O–H groups in total. The quantitative estimate of drug-likeness (QED) is 0.205. The minimum absolute atomic E-state index is 0.0591. The topological polar surface area (TPSA) is 28.3 Å². The zero-order valence-electron chi connectivity index (χ0n) is 24.2. The van der Waals surface area contributed by atoms with Gasteiger partial charge in [-0.1, -0.05) is 84.0 Å². The minimum atomic E-state index is 0.0591. The molecular formula is C32H42Cl2CoN3+. The molecule has 0 unspecified atom stereocenters. The van der Waals surface area contributed by atoms with E-state index in [0.29, 0.717) is 12.9 Å². The third kappa shape index (κ3) is 9.64. The Morgan fingerprint density at radius 3 is 1.84 bits per heavy atom. The maximum absolute atomic E-state index is 4.98. The predicted octanol–water partition coefficient (Wildman–Crippen LogP) is 9.37. The zero-order valence-corrected chi connectivity index (χ0v) is 26.7. The summed E-state index contributed by atoms with van der Waals surface area (Å²) < 4.78 is 2.31. The molecule has 0 aliphatic heterocycles. The summed E-state index contributed by atoms with van der Waals surface area (Å²) in [5.41, 5.74) is 9.57. The summed E-state index contributed by atoms with van der Waals surface area (Å²) in [6.45, 7) is 17.8. The van der Waals surface area contributed by atoms with Crippen molar-refractivity contribution in [3.8, 4) is 0 Å². The van der Waals surface area contributed by atoms with E-state index < -0.39 is 0 Å². The Hall–Kier alpha value is -1.98. The molecule has 1 aromatic heterocycles. The number of rotatable bonds is 6. The average Bonchev–Trinajstić information content (AvgIpc) is 2.83. The van der Waals surface area contributed by atoms with Gasteiger partial charge in [0, 0.05) is 36.4 Å². The normalized spacial score (nSPS) is 13.1. The standard InChI is InChI=1S/C32H42N3.2ClH.Co/c1-23(33-29-19-12-10-17-27(29)31(3,4)5)21-25-15-14-16-26(34-25)22-24(2)35(9)30-20-13-11-18-28(30)32(6,7)8;;;/h10-20H,21-22H2,1-9H3;2*1H;/q+1;;;+2/p-2. The summed E-state index contributed by atoms with van der Waals surface area (Å²) in [5.74, 6) is 0. The fourth-order valence-electron chi connectivity index (χ4n) is 4.43. The second-order valence-electron chi connectivity index (χ2n) is 11.7. The van der Waals surface area contributed by atoms with Crippen LogP contribution in [0.25, 0.3) is 0 Å². The molecule has 207 valence electrons. The molecule has 0 radical (unpaired) electrons. The van der Waals surface area contributed by atoms with Crippen LogP contribution in [0.15, 0.2) is 71.7 Å². The van der Waals surface area contributed by atoms with Gasteiger partial charge in [-0.3, -0.25) is 9.98 Å². The Balaban J connectivity index is 0.00000161. The molecule has 0 amide bonds. The van der Waals surface area contributed by atoms with E-state index in [1.165, 1.54) is 22.5 Å². The number of aliphatic imine (C=N–C) groups is 1. The van der Waals surface area contributed by atoms with E-state index in [1.54, 1.807) is 0 Å². The fraction of sp³-hybridized carbons (Fsp3) is 0.406. The molecule has 0 bridgehead atoms.